The third-order valence-corrected chi connectivity index (χ3v) is 5.36. The minimum Gasteiger partial charge on any atom is -0.479 e. The molecule has 9 nitrogen and oxygen atoms in total. The van der Waals surface area contributed by atoms with Crippen LogP contribution in [-0.4, -0.2) is 63.8 Å². The summed E-state index contributed by atoms with van der Waals surface area (Å²) in [6.45, 7) is 0.985. The number of hydrogen-bond donors (Lipinski definition) is 3. The fraction of sp³-hybridized carbons (Fsp3) is 0.429. The summed E-state index contributed by atoms with van der Waals surface area (Å²) in [4.78, 5) is 8.63. The van der Waals surface area contributed by atoms with Crippen molar-refractivity contribution in [3.63, 3.8) is 0 Å². The van der Waals surface area contributed by atoms with Crippen molar-refractivity contribution in [3.8, 4) is 5.88 Å². The number of aliphatic hydroxyl groups excluding tert-OH is 2. The summed E-state index contributed by atoms with van der Waals surface area (Å²) >= 11 is 0. The number of nitrogens with one attached hydrogen (secondary N) is 1. The lowest BCUT2D eigenvalue weighted by Gasteiger charge is -2.14. The Hall–Kier alpha value is -2.56. The van der Waals surface area contributed by atoms with Crippen molar-refractivity contribution in [1.82, 2.24) is 19.9 Å². The van der Waals surface area contributed by atoms with Crippen molar-refractivity contribution in [1.29, 1.82) is 0 Å². The Balaban J connectivity index is 1.64. The van der Waals surface area contributed by atoms with Crippen molar-refractivity contribution >= 4 is 11.0 Å². The number of nitrogens with zero attached hydrogens (tertiary/aromatic N) is 3. The molecular weight excluding hydrogens is 388 g/mol. The second kappa shape index (κ2) is 9.07. The van der Waals surface area contributed by atoms with E-state index in [1.165, 1.54) is 6.33 Å². The molecule has 1 fully saturated rings. The minimum absolute atomic E-state index is 0.252. The summed E-state index contributed by atoms with van der Waals surface area (Å²) in [7, 11) is 3.10. The van der Waals surface area contributed by atoms with E-state index in [4.69, 9.17) is 14.2 Å². The molecule has 0 saturated carbocycles. The molecule has 160 valence electrons. The lowest BCUT2D eigenvalue weighted by molar-refractivity contribution is 0.0148. The zero-order valence-corrected chi connectivity index (χ0v) is 16.9. The van der Waals surface area contributed by atoms with Gasteiger partial charge in [-0.1, -0.05) is 30.3 Å². The third kappa shape index (κ3) is 3.90. The molecule has 0 unspecified atom stereocenters. The Morgan fingerprint density at radius 1 is 1.10 bits per heavy atom. The van der Waals surface area contributed by atoms with E-state index in [2.05, 4.69) is 15.3 Å². The number of hydrogen-bond acceptors (Lipinski definition) is 8. The summed E-state index contributed by atoms with van der Waals surface area (Å²) in [5, 5.41) is 24.3. The van der Waals surface area contributed by atoms with E-state index in [0.717, 1.165) is 11.1 Å². The van der Waals surface area contributed by atoms with Gasteiger partial charge in [0, 0.05) is 18.9 Å². The summed E-state index contributed by atoms with van der Waals surface area (Å²) in [6.07, 6.45) is 1.32. The van der Waals surface area contributed by atoms with Gasteiger partial charge in [-0.2, -0.15) is 4.98 Å². The fourth-order valence-electron chi connectivity index (χ4n) is 3.90. The van der Waals surface area contributed by atoms with Crippen molar-refractivity contribution in [2.24, 2.45) is 0 Å². The molecule has 0 radical (unpaired) electrons. The maximum absolute atomic E-state index is 10.6. The molecular formula is C21H26N4O5. The van der Waals surface area contributed by atoms with Gasteiger partial charge in [0.15, 0.2) is 0 Å². The van der Waals surface area contributed by atoms with Gasteiger partial charge in [-0.25, -0.2) is 4.98 Å². The number of aliphatic hydroxyl groups is 2. The monoisotopic (exact) mass is 414 g/mol. The second-order valence-corrected chi connectivity index (χ2v) is 7.28. The van der Waals surface area contributed by atoms with Gasteiger partial charge in [0.2, 0.25) is 5.88 Å². The predicted octanol–water partition coefficient (Wildman–Crippen LogP) is 0.995. The molecule has 9 heteroatoms. The highest BCUT2D eigenvalue weighted by molar-refractivity contribution is 5.84. The highest BCUT2D eigenvalue weighted by Gasteiger charge is 2.43. The first kappa shape index (κ1) is 20.7. The van der Waals surface area contributed by atoms with Crippen LogP contribution < -0.4 is 10.1 Å². The summed E-state index contributed by atoms with van der Waals surface area (Å²) in [5.41, 5.74) is 3.10. The van der Waals surface area contributed by atoms with E-state index >= 15 is 0 Å². The van der Waals surface area contributed by atoms with Crippen LogP contribution in [-0.2, 0) is 22.8 Å². The molecule has 0 amide bonds. The lowest BCUT2D eigenvalue weighted by Crippen LogP contribution is -2.36. The van der Waals surface area contributed by atoms with E-state index in [0.29, 0.717) is 23.5 Å². The van der Waals surface area contributed by atoms with Crippen molar-refractivity contribution in [2.45, 2.75) is 37.6 Å². The smallest absolute Gasteiger partial charge is 0.241 e. The van der Waals surface area contributed by atoms with E-state index in [9.17, 15) is 10.2 Å². The Morgan fingerprint density at radius 2 is 1.90 bits per heavy atom. The predicted molar refractivity (Wildman–Crippen MR) is 109 cm³/mol. The van der Waals surface area contributed by atoms with E-state index in [1.54, 1.807) is 14.2 Å². The van der Waals surface area contributed by atoms with Gasteiger partial charge in [-0.15, -0.1) is 0 Å². The van der Waals surface area contributed by atoms with Gasteiger partial charge in [-0.3, -0.25) is 0 Å². The Kier molecular flexibility index (Phi) is 6.26. The van der Waals surface area contributed by atoms with Crippen molar-refractivity contribution < 1.29 is 24.4 Å². The Morgan fingerprint density at radius 3 is 2.63 bits per heavy atom. The molecule has 1 aromatic carbocycles. The van der Waals surface area contributed by atoms with Gasteiger partial charge in [0.1, 0.15) is 30.2 Å². The van der Waals surface area contributed by atoms with Crippen LogP contribution in [0.2, 0.25) is 0 Å². The topological polar surface area (TPSA) is 111 Å². The van der Waals surface area contributed by atoms with Crippen LogP contribution in [0.15, 0.2) is 42.9 Å². The fourth-order valence-corrected chi connectivity index (χ4v) is 3.90. The molecule has 1 saturated heterocycles. The number of ether oxygens (including phenoxy) is 3. The third-order valence-electron chi connectivity index (χ3n) is 5.36. The number of rotatable bonds is 8. The summed E-state index contributed by atoms with van der Waals surface area (Å²) < 4.78 is 18.3. The molecule has 3 aromatic rings. The molecule has 2 aromatic heterocycles. The van der Waals surface area contributed by atoms with Crippen molar-refractivity contribution in [2.75, 3.05) is 20.8 Å². The Bertz CT molecular complexity index is 980. The zero-order valence-electron chi connectivity index (χ0n) is 16.9. The first-order valence-electron chi connectivity index (χ1n) is 9.74. The maximum Gasteiger partial charge on any atom is 0.241 e. The highest BCUT2D eigenvalue weighted by atomic mass is 16.5. The molecule has 3 heterocycles. The van der Waals surface area contributed by atoms with Gasteiger partial charge in [0.25, 0.3) is 0 Å². The quantitative estimate of drug-likeness (QED) is 0.501. The largest absolute Gasteiger partial charge is 0.479 e. The molecule has 3 N–H and O–H groups in total. The average molecular weight is 414 g/mol. The normalized spacial score (nSPS) is 23.9. The molecule has 4 atom stereocenters. The van der Waals surface area contributed by atoms with Crippen molar-refractivity contribution in [3.05, 3.63) is 54.0 Å². The summed E-state index contributed by atoms with van der Waals surface area (Å²) in [6, 6.07) is 8.99. The van der Waals surface area contributed by atoms with Crippen LogP contribution in [0.3, 0.4) is 0 Å². The standard InChI is InChI=1S/C21H26N4O5/c1-28-10-15-19(26)20(27)17(24-15)14-8-25(12-30-9-13-6-4-3-5-7-13)18-16(14)22-11-23-21(18)29-2/h3-8,11,15,17,19-20,24,26-27H,9-10,12H2,1-2H3/t15-,17+,19-,20+/m1/s1. The van der Waals surface area contributed by atoms with Gasteiger partial charge >= 0.3 is 0 Å². The molecule has 1 aliphatic heterocycles. The molecule has 1 aliphatic rings. The SMILES string of the molecule is COC[C@H]1N[C@@H](c2cn(COCc3ccccc3)c3c(OC)ncnc23)[C@H](O)[C@@H]1O. The van der Waals surface area contributed by atoms with E-state index in [1.807, 2.05) is 41.1 Å². The van der Waals surface area contributed by atoms with Crippen LogP contribution in [0.5, 0.6) is 5.88 Å². The molecule has 0 aliphatic carbocycles. The number of benzene rings is 1. The maximum atomic E-state index is 10.6. The van der Waals surface area contributed by atoms with Gasteiger partial charge in [0.05, 0.1) is 38.5 Å². The Labute approximate surface area is 174 Å². The molecule has 0 spiro atoms. The van der Waals surface area contributed by atoms with Gasteiger partial charge < -0.3 is 34.3 Å². The summed E-state index contributed by atoms with van der Waals surface area (Å²) in [5.74, 6) is 0.413. The zero-order chi connectivity index (χ0) is 21.1. The van der Waals surface area contributed by atoms with Crippen LogP contribution in [0.4, 0.5) is 0 Å². The lowest BCUT2D eigenvalue weighted by atomic mass is 10.0. The molecule has 30 heavy (non-hydrogen) atoms. The van der Waals surface area contributed by atoms with E-state index < -0.39 is 18.2 Å². The van der Waals surface area contributed by atoms with Crippen LogP contribution in [0.1, 0.15) is 17.2 Å². The molecule has 0 bridgehead atoms. The first-order chi connectivity index (χ1) is 14.6. The number of fused-ring (bicyclic) bond motifs is 1. The van der Waals surface area contributed by atoms with Gasteiger partial charge in [-0.05, 0) is 5.56 Å². The molecule has 4 rings (SSSR count). The number of methoxy groups -OCH3 is 2. The van der Waals surface area contributed by atoms with Crippen LogP contribution in [0.25, 0.3) is 11.0 Å². The first-order valence-corrected chi connectivity index (χ1v) is 9.74. The highest BCUT2D eigenvalue weighted by Crippen LogP contribution is 2.35. The van der Waals surface area contributed by atoms with Crippen LogP contribution >= 0.6 is 0 Å². The number of aromatic nitrogens is 3. The van der Waals surface area contributed by atoms with Crippen LogP contribution in [0, 0.1) is 0 Å². The average Bonchev–Trinajstić information content (AvgIpc) is 3.27. The van der Waals surface area contributed by atoms with E-state index in [-0.39, 0.29) is 19.4 Å². The second-order valence-electron chi connectivity index (χ2n) is 7.28. The minimum atomic E-state index is -1.00.